The number of pyridine rings is 1. The molecule has 2 N–H and O–H groups in total. The van der Waals surface area contributed by atoms with Crippen molar-refractivity contribution in [1.29, 1.82) is 0 Å². The van der Waals surface area contributed by atoms with Gasteiger partial charge in [0.25, 0.3) is 0 Å². The highest BCUT2D eigenvalue weighted by atomic mass is 79.9. The molecule has 1 aromatic heterocycles. The van der Waals surface area contributed by atoms with Gasteiger partial charge in [-0.05, 0) is 54.2 Å². The van der Waals surface area contributed by atoms with E-state index in [9.17, 15) is 4.79 Å². The van der Waals surface area contributed by atoms with E-state index in [1.807, 2.05) is 19.9 Å². The van der Waals surface area contributed by atoms with Crippen LogP contribution in [-0.2, 0) is 9.47 Å². The third-order valence-electron chi connectivity index (χ3n) is 5.46. The van der Waals surface area contributed by atoms with Gasteiger partial charge in [-0.2, -0.15) is 0 Å². The summed E-state index contributed by atoms with van der Waals surface area (Å²) >= 11 is 3.39. The molecule has 2 fully saturated rings. The highest BCUT2D eigenvalue weighted by Gasteiger charge is 2.47. The lowest BCUT2D eigenvalue weighted by molar-refractivity contribution is 0.0594. The topological polar surface area (TPSA) is 77.7 Å². The molecule has 7 heteroatoms. The number of halogens is 1. The number of carbonyl (C=O) groups excluding carboxylic acids is 1. The Hall–Kier alpha value is -1.18. The molecule has 2 aliphatic rings. The van der Waals surface area contributed by atoms with Crippen molar-refractivity contribution in [2.45, 2.75) is 38.8 Å². The Morgan fingerprint density at radius 1 is 1.50 bits per heavy atom. The zero-order chi connectivity index (χ0) is 17.5. The van der Waals surface area contributed by atoms with Crippen molar-refractivity contribution in [3.8, 4) is 0 Å². The van der Waals surface area contributed by atoms with Gasteiger partial charge in [-0.1, -0.05) is 0 Å². The number of piperidine rings is 1. The Bertz CT molecular complexity index is 644. The highest BCUT2D eigenvalue weighted by Crippen LogP contribution is 2.42. The van der Waals surface area contributed by atoms with Crippen molar-refractivity contribution >= 4 is 27.6 Å². The van der Waals surface area contributed by atoms with Crippen LogP contribution in [0.2, 0.25) is 0 Å². The minimum absolute atomic E-state index is 0.0547. The van der Waals surface area contributed by atoms with E-state index in [4.69, 9.17) is 15.2 Å². The zero-order valence-electron chi connectivity index (χ0n) is 14.3. The number of methoxy groups -OCH3 is 1. The average molecular weight is 398 g/mol. The van der Waals surface area contributed by atoms with Gasteiger partial charge in [-0.15, -0.1) is 0 Å². The summed E-state index contributed by atoms with van der Waals surface area (Å²) in [6.07, 6.45) is 2.02. The molecule has 6 nitrogen and oxygen atoms in total. The van der Waals surface area contributed by atoms with Crippen LogP contribution < -0.4 is 10.6 Å². The van der Waals surface area contributed by atoms with Gasteiger partial charge >= 0.3 is 5.97 Å². The maximum atomic E-state index is 12.1. The molecule has 0 amide bonds. The third-order valence-corrected chi connectivity index (χ3v) is 6.26. The summed E-state index contributed by atoms with van der Waals surface area (Å²) in [6.45, 7) is 6.40. The molecule has 2 saturated heterocycles. The number of carbonyl (C=O) groups is 1. The fraction of sp³-hybridized carbons (Fsp3) is 0.647. The zero-order valence-corrected chi connectivity index (χ0v) is 15.9. The number of nitrogens with two attached hydrogens (primary N) is 1. The number of hydrogen-bond acceptors (Lipinski definition) is 6. The minimum atomic E-state index is -0.416. The molecule has 24 heavy (non-hydrogen) atoms. The van der Waals surface area contributed by atoms with Crippen LogP contribution >= 0.6 is 15.9 Å². The van der Waals surface area contributed by atoms with E-state index in [-0.39, 0.29) is 17.6 Å². The first-order valence-electron chi connectivity index (χ1n) is 8.25. The van der Waals surface area contributed by atoms with Gasteiger partial charge in [0.1, 0.15) is 4.60 Å². The van der Waals surface area contributed by atoms with E-state index in [1.54, 1.807) is 0 Å². The Morgan fingerprint density at radius 3 is 2.71 bits per heavy atom. The molecule has 2 aliphatic heterocycles. The lowest BCUT2D eigenvalue weighted by Gasteiger charge is -2.42. The maximum Gasteiger partial charge on any atom is 0.358 e. The van der Waals surface area contributed by atoms with Crippen LogP contribution in [0.1, 0.15) is 35.8 Å². The van der Waals surface area contributed by atoms with Crippen LogP contribution in [-0.4, -0.2) is 49.9 Å². The second kappa shape index (κ2) is 6.61. The number of hydrogen-bond donors (Lipinski definition) is 1. The minimum Gasteiger partial charge on any atom is -0.464 e. The smallest absolute Gasteiger partial charge is 0.358 e. The number of aromatic nitrogens is 1. The predicted molar refractivity (Wildman–Crippen MR) is 95.3 cm³/mol. The molecule has 1 spiro atoms. The molecule has 0 aliphatic carbocycles. The summed E-state index contributed by atoms with van der Waals surface area (Å²) in [6, 6.07) is 2.07. The quantitative estimate of drug-likeness (QED) is 0.609. The Labute approximate surface area is 150 Å². The summed E-state index contributed by atoms with van der Waals surface area (Å²) in [4.78, 5) is 18.7. The molecule has 0 radical (unpaired) electrons. The first kappa shape index (κ1) is 17.6. The molecular weight excluding hydrogens is 374 g/mol. The van der Waals surface area contributed by atoms with Crippen LogP contribution in [0, 0.1) is 12.3 Å². The van der Waals surface area contributed by atoms with Crippen LogP contribution in [0.3, 0.4) is 0 Å². The Kier molecular flexibility index (Phi) is 4.86. The second-order valence-corrected chi connectivity index (χ2v) is 7.60. The van der Waals surface area contributed by atoms with Gasteiger partial charge in [-0.3, -0.25) is 0 Å². The average Bonchev–Trinajstić information content (AvgIpc) is 2.86. The number of rotatable bonds is 2. The molecule has 3 heterocycles. The Morgan fingerprint density at radius 2 is 2.17 bits per heavy atom. The number of esters is 1. The summed E-state index contributed by atoms with van der Waals surface area (Å²) < 4.78 is 11.3. The van der Waals surface area contributed by atoms with Crippen molar-refractivity contribution < 1.29 is 14.3 Å². The van der Waals surface area contributed by atoms with E-state index in [0.717, 1.165) is 43.8 Å². The van der Waals surface area contributed by atoms with Crippen LogP contribution in [0.25, 0.3) is 0 Å². The van der Waals surface area contributed by atoms with Crippen LogP contribution in [0.4, 0.5) is 5.69 Å². The largest absolute Gasteiger partial charge is 0.464 e. The van der Waals surface area contributed by atoms with Gasteiger partial charge in [0, 0.05) is 24.5 Å². The van der Waals surface area contributed by atoms with Gasteiger partial charge in [0.15, 0.2) is 5.69 Å². The van der Waals surface area contributed by atoms with E-state index in [0.29, 0.717) is 10.3 Å². The molecule has 3 rings (SSSR count). The molecular formula is C17H24BrN3O3. The van der Waals surface area contributed by atoms with Gasteiger partial charge in [0.05, 0.1) is 25.5 Å². The second-order valence-electron chi connectivity index (χ2n) is 6.85. The van der Waals surface area contributed by atoms with Gasteiger partial charge < -0.3 is 20.1 Å². The Balaban J connectivity index is 1.84. The van der Waals surface area contributed by atoms with Crippen molar-refractivity contribution in [2.75, 3.05) is 31.7 Å². The van der Waals surface area contributed by atoms with Crippen LogP contribution in [0.15, 0.2) is 10.7 Å². The van der Waals surface area contributed by atoms with Crippen molar-refractivity contribution in [3.05, 3.63) is 21.9 Å². The van der Waals surface area contributed by atoms with E-state index >= 15 is 0 Å². The van der Waals surface area contributed by atoms with E-state index in [2.05, 4.69) is 25.8 Å². The maximum absolute atomic E-state index is 12.1. The third kappa shape index (κ3) is 2.93. The monoisotopic (exact) mass is 397 g/mol. The summed E-state index contributed by atoms with van der Waals surface area (Å²) in [5.41, 5.74) is 8.61. The fourth-order valence-electron chi connectivity index (χ4n) is 3.73. The summed E-state index contributed by atoms with van der Waals surface area (Å²) in [7, 11) is 1.38. The molecule has 0 bridgehead atoms. The lowest BCUT2D eigenvalue weighted by Crippen LogP contribution is -2.50. The van der Waals surface area contributed by atoms with E-state index in [1.165, 1.54) is 7.11 Å². The summed E-state index contributed by atoms with van der Waals surface area (Å²) in [5, 5.41) is 0. The van der Waals surface area contributed by atoms with Gasteiger partial charge in [-0.25, -0.2) is 9.78 Å². The predicted octanol–water partition coefficient (Wildman–Crippen LogP) is 2.27. The van der Waals surface area contributed by atoms with Crippen LogP contribution in [0.5, 0.6) is 0 Å². The molecule has 0 saturated carbocycles. The molecule has 2 atom stereocenters. The van der Waals surface area contributed by atoms with Crippen molar-refractivity contribution in [1.82, 2.24) is 4.98 Å². The lowest BCUT2D eigenvalue weighted by atomic mass is 9.73. The first-order valence-corrected chi connectivity index (χ1v) is 9.05. The number of ether oxygens (including phenoxy) is 2. The number of anilines is 1. The van der Waals surface area contributed by atoms with Crippen molar-refractivity contribution in [3.63, 3.8) is 0 Å². The fourth-order valence-corrected chi connectivity index (χ4v) is 4.02. The van der Waals surface area contributed by atoms with Gasteiger partial charge in [0.2, 0.25) is 0 Å². The standard InChI is InChI=1S/C17H24BrN3O3/c1-10-8-12(13(16(22)23-3)20-15(10)18)21-6-4-17(5-7-21)9-24-11(2)14(17)19/h8,11,14H,4-7,9,19H2,1-3H3/t11-,14+/m0/s1. The number of nitrogens with zero attached hydrogens (tertiary/aromatic N) is 2. The van der Waals surface area contributed by atoms with Crippen molar-refractivity contribution in [2.24, 2.45) is 11.1 Å². The number of aryl methyl sites for hydroxylation is 1. The molecule has 0 aromatic carbocycles. The summed E-state index contributed by atoms with van der Waals surface area (Å²) in [5.74, 6) is -0.416. The first-order chi connectivity index (χ1) is 11.4. The SMILES string of the molecule is COC(=O)c1nc(Br)c(C)cc1N1CCC2(CC1)CO[C@@H](C)[C@H]2N. The van der Waals surface area contributed by atoms with E-state index < -0.39 is 5.97 Å². The molecule has 0 unspecified atom stereocenters. The normalized spacial score (nSPS) is 26.0. The highest BCUT2D eigenvalue weighted by molar-refractivity contribution is 9.10. The molecule has 1 aromatic rings. The molecule has 132 valence electrons.